The van der Waals surface area contributed by atoms with Gasteiger partial charge in [-0.2, -0.15) is 0 Å². The lowest BCUT2D eigenvalue weighted by Gasteiger charge is -2.05. The molecule has 0 radical (unpaired) electrons. The minimum Gasteiger partial charge on any atom is -0.418 e. The molecule has 1 heterocycles. The first-order chi connectivity index (χ1) is 15.8. The van der Waals surface area contributed by atoms with Gasteiger partial charge < -0.3 is 17.3 Å². The van der Waals surface area contributed by atoms with E-state index in [1.54, 1.807) is 0 Å². The monoisotopic (exact) mass is 468 g/mol. The third-order valence-electron chi connectivity index (χ3n) is 5.02. The lowest BCUT2D eigenvalue weighted by atomic mass is 10.0. The minimum absolute atomic E-state index is 1.16. The Balaban J connectivity index is 0.000000555. The van der Waals surface area contributed by atoms with Gasteiger partial charge in [-0.3, -0.25) is 0 Å². The molecule has 1 aromatic heterocycles. The molecular weight excluding hydrogens is 443 g/mol. The Hall–Kier alpha value is -2.99. The maximum absolute atomic E-state index is 9.75. The van der Waals surface area contributed by atoms with Crippen molar-refractivity contribution in [2.75, 3.05) is 0 Å². The van der Waals surface area contributed by atoms with Gasteiger partial charge in [-0.05, 0) is 53.8 Å². The molecular formula is C27H25BF4S. The lowest BCUT2D eigenvalue weighted by Crippen LogP contribution is -2.02. The highest BCUT2D eigenvalue weighted by atomic mass is 32.1. The van der Waals surface area contributed by atoms with Gasteiger partial charge in [0.05, 0.1) is 0 Å². The van der Waals surface area contributed by atoms with Crippen molar-refractivity contribution in [3.05, 3.63) is 103 Å². The molecule has 0 amide bonds. The van der Waals surface area contributed by atoms with Crippen molar-refractivity contribution in [2.24, 2.45) is 0 Å². The number of halogens is 4. The van der Waals surface area contributed by atoms with Gasteiger partial charge in [-0.1, -0.05) is 74.0 Å². The molecule has 0 spiro atoms. The average Bonchev–Trinajstić information content (AvgIpc) is 2.83. The summed E-state index contributed by atoms with van der Waals surface area (Å²) < 4.78 is 39.0. The first-order valence-corrected chi connectivity index (χ1v) is 11.7. The van der Waals surface area contributed by atoms with Gasteiger partial charge in [-0.15, -0.1) is 0 Å². The second kappa shape index (κ2) is 11.8. The first-order valence-electron chi connectivity index (χ1n) is 10.9. The largest absolute Gasteiger partial charge is 0.673 e. The van der Waals surface area contributed by atoms with Crippen molar-refractivity contribution >= 4 is 18.6 Å². The summed E-state index contributed by atoms with van der Waals surface area (Å²) in [6.45, 7) is 2.25. The van der Waals surface area contributed by atoms with Crippen LogP contribution in [-0.2, 0) is 6.42 Å². The molecule has 0 saturated carbocycles. The fourth-order valence-electron chi connectivity index (χ4n) is 3.40. The van der Waals surface area contributed by atoms with Crippen molar-refractivity contribution in [2.45, 2.75) is 26.2 Å². The Labute approximate surface area is 196 Å². The molecule has 0 nitrogen and oxygen atoms in total. The van der Waals surface area contributed by atoms with Gasteiger partial charge in [0.15, 0.2) is 0 Å². The topological polar surface area (TPSA) is 0 Å². The zero-order valence-electron chi connectivity index (χ0n) is 18.4. The van der Waals surface area contributed by atoms with Crippen molar-refractivity contribution in [3.63, 3.8) is 0 Å². The number of hydrogen-bond donors (Lipinski definition) is 0. The fourth-order valence-corrected chi connectivity index (χ4v) is 4.52. The maximum atomic E-state index is 9.75. The Morgan fingerprint density at radius 3 is 1.48 bits per heavy atom. The van der Waals surface area contributed by atoms with Crippen LogP contribution in [0.5, 0.6) is 0 Å². The fraction of sp³-hybridized carbons (Fsp3) is 0.148. The summed E-state index contributed by atoms with van der Waals surface area (Å²) in [6, 6.07) is 35.1. The van der Waals surface area contributed by atoms with Crippen molar-refractivity contribution in [1.29, 1.82) is 0 Å². The molecule has 0 aliphatic heterocycles. The van der Waals surface area contributed by atoms with E-state index in [1.807, 2.05) is 11.3 Å². The molecule has 4 aromatic rings. The third-order valence-corrected chi connectivity index (χ3v) is 6.16. The molecule has 170 valence electrons. The van der Waals surface area contributed by atoms with E-state index in [-0.39, 0.29) is 0 Å². The number of rotatable bonds is 6. The molecule has 0 fully saturated rings. The van der Waals surface area contributed by atoms with Crippen LogP contribution in [-0.4, -0.2) is 7.25 Å². The summed E-state index contributed by atoms with van der Waals surface area (Å²) in [5.74, 6) is 0. The molecule has 6 heteroatoms. The summed E-state index contributed by atoms with van der Waals surface area (Å²) >= 11 is 1.85. The highest BCUT2D eigenvalue weighted by Crippen LogP contribution is 2.37. The van der Waals surface area contributed by atoms with Crippen LogP contribution in [0.1, 0.15) is 25.3 Å². The van der Waals surface area contributed by atoms with E-state index in [2.05, 4.69) is 104 Å². The predicted molar refractivity (Wildman–Crippen MR) is 134 cm³/mol. The number of unbranched alkanes of at least 4 members (excludes halogenated alkanes) is 1. The molecule has 0 N–H and O–H groups in total. The van der Waals surface area contributed by atoms with E-state index in [0.717, 1.165) is 6.42 Å². The number of aryl methyl sites for hydroxylation is 1. The van der Waals surface area contributed by atoms with E-state index < -0.39 is 7.25 Å². The molecule has 4 rings (SSSR count). The van der Waals surface area contributed by atoms with Gasteiger partial charge in [-0.25, -0.2) is 0 Å². The van der Waals surface area contributed by atoms with Crippen LogP contribution in [0.3, 0.4) is 0 Å². The number of hydrogen-bond acceptors (Lipinski definition) is 0. The summed E-state index contributed by atoms with van der Waals surface area (Å²) in [5, 5.41) is 0. The van der Waals surface area contributed by atoms with Gasteiger partial charge in [0.25, 0.3) is 0 Å². The van der Waals surface area contributed by atoms with E-state index in [4.69, 9.17) is 0 Å². The smallest absolute Gasteiger partial charge is 0.418 e. The van der Waals surface area contributed by atoms with Crippen LogP contribution in [0.15, 0.2) is 97.1 Å². The van der Waals surface area contributed by atoms with E-state index in [9.17, 15) is 17.3 Å². The van der Waals surface area contributed by atoms with Gasteiger partial charge >= 0.3 is 7.25 Å². The van der Waals surface area contributed by atoms with Crippen LogP contribution in [0.4, 0.5) is 17.3 Å². The Kier molecular flexibility index (Phi) is 8.78. The zero-order valence-corrected chi connectivity index (χ0v) is 19.2. The van der Waals surface area contributed by atoms with Gasteiger partial charge in [0, 0.05) is 23.3 Å². The molecule has 0 aliphatic rings. The number of benzene rings is 3. The normalized spacial score (nSPS) is 10.9. The Morgan fingerprint density at radius 1 is 0.606 bits per heavy atom. The summed E-state index contributed by atoms with van der Waals surface area (Å²) in [4.78, 5) is 2.60. The SMILES string of the molecule is CCCCc1ccc(-c2cc(-c3ccccc3)[s+]c(-c3ccccc3)c2)cc1.F[B-](F)(F)F. The molecule has 0 atom stereocenters. The van der Waals surface area contributed by atoms with Crippen LogP contribution in [0.25, 0.3) is 32.0 Å². The quantitative estimate of drug-likeness (QED) is 0.150. The Bertz CT molecular complexity index is 1060. The molecule has 0 saturated heterocycles. The Morgan fingerprint density at radius 2 is 1.06 bits per heavy atom. The van der Waals surface area contributed by atoms with Crippen molar-refractivity contribution in [3.8, 4) is 32.0 Å². The van der Waals surface area contributed by atoms with E-state index >= 15 is 0 Å². The van der Waals surface area contributed by atoms with Gasteiger partial charge in [0.2, 0.25) is 21.1 Å². The highest BCUT2D eigenvalue weighted by Gasteiger charge is 2.21. The van der Waals surface area contributed by atoms with Crippen LogP contribution in [0.2, 0.25) is 0 Å². The van der Waals surface area contributed by atoms with Gasteiger partial charge in [0.1, 0.15) is 0 Å². The maximum Gasteiger partial charge on any atom is 0.673 e. The summed E-state index contributed by atoms with van der Waals surface area (Å²) in [5.41, 5.74) is 6.52. The molecule has 33 heavy (non-hydrogen) atoms. The van der Waals surface area contributed by atoms with Crippen LogP contribution in [0, 0.1) is 0 Å². The van der Waals surface area contributed by atoms with Crippen LogP contribution >= 0.6 is 11.3 Å². The molecule has 0 unspecified atom stereocenters. The average molecular weight is 468 g/mol. The lowest BCUT2D eigenvalue weighted by molar-refractivity contribution is 0.368. The molecule has 0 bridgehead atoms. The summed E-state index contributed by atoms with van der Waals surface area (Å²) in [7, 11) is -6.00. The first kappa shape index (κ1) is 24.7. The summed E-state index contributed by atoms with van der Waals surface area (Å²) in [6.07, 6.45) is 3.66. The second-order valence-corrected chi connectivity index (χ2v) is 8.69. The zero-order chi connectivity index (χ0) is 23.7. The van der Waals surface area contributed by atoms with Crippen molar-refractivity contribution < 1.29 is 17.3 Å². The highest BCUT2D eigenvalue weighted by molar-refractivity contribution is 7.18. The predicted octanol–water partition coefficient (Wildman–Crippen LogP) is 9.67. The standard InChI is InChI=1S/C27H25S.BF4/c1-2-3-10-21-15-17-22(18-16-21)25-19-26(23-11-6-4-7-12-23)28-27(20-25)24-13-8-5-9-14-24;2-1(3,4)5/h4-9,11-20H,2-3,10H2,1H3;/q+1;-1. The van der Waals surface area contributed by atoms with E-state index in [1.165, 1.54) is 50.4 Å². The van der Waals surface area contributed by atoms with E-state index in [0.29, 0.717) is 0 Å². The third kappa shape index (κ3) is 8.14. The molecule has 0 aliphatic carbocycles. The minimum atomic E-state index is -6.00. The molecule has 3 aromatic carbocycles. The van der Waals surface area contributed by atoms with Crippen LogP contribution < -0.4 is 0 Å². The second-order valence-electron chi connectivity index (χ2n) is 7.60. The van der Waals surface area contributed by atoms with Crippen molar-refractivity contribution in [1.82, 2.24) is 0 Å².